The first kappa shape index (κ1) is 20.4. The monoisotopic (exact) mass is 401 g/mol. The SMILES string of the molecule is CC1(NC2C=CC=C2)CCCC(C)([SiH](c2ccccc2)c2ccccc2)C1(C)C. The highest BCUT2D eigenvalue weighted by molar-refractivity contribution is 6.87. The zero-order valence-corrected chi connectivity index (χ0v) is 19.5. The van der Waals surface area contributed by atoms with E-state index in [1.165, 1.54) is 19.3 Å². The molecule has 0 radical (unpaired) electrons. The normalized spacial score (nSPS) is 28.9. The van der Waals surface area contributed by atoms with Gasteiger partial charge in [0.05, 0.1) is 0 Å². The first-order chi connectivity index (χ1) is 13.9. The molecule has 29 heavy (non-hydrogen) atoms. The Labute approximate surface area is 178 Å². The first-order valence-electron chi connectivity index (χ1n) is 11.1. The van der Waals surface area contributed by atoms with Crippen molar-refractivity contribution in [2.75, 3.05) is 0 Å². The van der Waals surface area contributed by atoms with E-state index < -0.39 is 8.80 Å². The van der Waals surface area contributed by atoms with Crippen LogP contribution < -0.4 is 15.7 Å². The van der Waals surface area contributed by atoms with Crippen LogP contribution in [0.4, 0.5) is 0 Å². The number of hydrogen-bond acceptors (Lipinski definition) is 1. The van der Waals surface area contributed by atoms with Crippen molar-refractivity contribution in [3.05, 3.63) is 85.0 Å². The zero-order valence-electron chi connectivity index (χ0n) is 18.4. The summed E-state index contributed by atoms with van der Waals surface area (Å²) in [5.41, 5.74) is 0.254. The number of allylic oxidation sites excluding steroid dienone is 2. The van der Waals surface area contributed by atoms with Crippen LogP contribution in [0.1, 0.15) is 47.0 Å². The Morgan fingerprint density at radius 2 is 1.28 bits per heavy atom. The van der Waals surface area contributed by atoms with Gasteiger partial charge in [-0.05, 0) is 30.2 Å². The lowest BCUT2D eigenvalue weighted by molar-refractivity contribution is 0.0325. The summed E-state index contributed by atoms with van der Waals surface area (Å²) >= 11 is 0. The highest BCUT2D eigenvalue weighted by Crippen LogP contribution is 2.61. The van der Waals surface area contributed by atoms with Crippen LogP contribution in [0.3, 0.4) is 0 Å². The van der Waals surface area contributed by atoms with E-state index >= 15 is 0 Å². The molecular formula is C27H35NSi. The molecule has 2 aliphatic carbocycles. The summed E-state index contributed by atoms with van der Waals surface area (Å²) in [5.74, 6) is 0. The van der Waals surface area contributed by atoms with Crippen molar-refractivity contribution >= 4 is 19.2 Å². The highest BCUT2D eigenvalue weighted by atomic mass is 28.3. The maximum absolute atomic E-state index is 4.05. The fraction of sp³-hybridized carbons (Fsp3) is 0.407. The summed E-state index contributed by atoms with van der Waals surface area (Å²) in [4.78, 5) is 0. The lowest BCUT2D eigenvalue weighted by Gasteiger charge is -2.62. The molecule has 2 aromatic carbocycles. The molecule has 0 heterocycles. The average molecular weight is 402 g/mol. The predicted octanol–water partition coefficient (Wildman–Crippen LogP) is 4.84. The van der Waals surface area contributed by atoms with Gasteiger partial charge in [0.2, 0.25) is 0 Å². The van der Waals surface area contributed by atoms with Gasteiger partial charge in [-0.15, -0.1) is 0 Å². The third kappa shape index (κ3) is 3.47. The molecule has 2 aromatic rings. The third-order valence-electron chi connectivity index (χ3n) is 8.32. The van der Waals surface area contributed by atoms with Gasteiger partial charge in [0.15, 0.2) is 0 Å². The van der Waals surface area contributed by atoms with Crippen LogP contribution in [0, 0.1) is 5.41 Å². The topological polar surface area (TPSA) is 12.0 Å². The Bertz CT molecular complexity index is 834. The second kappa shape index (κ2) is 7.74. The quantitative estimate of drug-likeness (QED) is 0.707. The van der Waals surface area contributed by atoms with Gasteiger partial charge in [-0.3, -0.25) is 0 Å². The Hall–Kier alpha value is -1.90. The van der Waals surface area contributed by atoms with Crippen LogP contribution >= 0.6 is 0 Å². The molecule has 4 rings (SSSR count). The molecule has 0 amide bonds. The van der Waals surface area contributed by atoms with Gasteiger partial charge in [0, 0.05) is 11.6 Å². The van der Waals surface area contributed by atoms with Crippen LogP contribution in [0.15, 0.2) is 85.0 Å². The molecular weight excluding hydrogens is 366 g/mol. The molecule has 1 fully saturated rings. The molecule has 0 aromatic heterocycles. The molecule has 2 atom stereocenters. The number of rotatable bonds is 5. The van der Waals surface area contributed by atoms with Crippen molar-refractivity contribution in [3.8, 4) is 0 Å². The predicted molar refractivity (Wildman–Crippen MR) is 129 cm³/mol. The van der Waals surface area contributed by atoms with Crippen LogP contribution in [0.25, 0.3) is 0 Å². The van der Waals surface area contributed by atoms with E-state index in [0.29, 0.717) is 6.04 Å². The fourth-order valence-corrected chi connectivity index (χ4v) is 10.5. The van der Waals surface area contributed by atoms with Gasteiger partial charge in [-0.25, -0.2) is 0 Å². The van der Waals surface area contributed by atoms with Gasteiger partial charge in [0.25, 0.3) is 0 Å². The largest absolute Gasteiger partial charge is 0.301 e. The summed E-state index contributed by atoms with van der Waals surface area (Å²) < 4.78 is 0. The fourth-order valence-electron chi connectivity index (χ4n) is 5.94. The molecule has 1 N–H and O–H groups in total. The maximum atomic E-state index is 4.05. The lowest BCUT2D eigenvalue weighted by Crippen LogP contribution is -2.68. The minimum absolute atomic E-state index is 0.0957. The van der Waals surface area contributed by atoms with E-state index in [0.717, 1.165) is 0 Å². The van der Waals surface area contributed by atoms with Gasteiger partial charge >= 0.3 is 0 Å². The van der Waals surface area contributed by atoms with Gasteiger partial charge in [-0.1, -0.05) is 123 Å². The van der Waals surface area contributed by atoms with E-state index in [-0.39, 0.29) is 16.0 Å². The summed E-state index contributed by atoms with van der Waals surface area (Å²) in [7, 11) is -1.48. The molecule has 0 saturated heterocycles. The zero-order chi connectivity index (χ0) is 20.5. The molecule has 1 saturated carbocycles. The van der Waals surface area contributed by atoms with E-state index in [9.17, 15) is 0 Å². The molecule has 2 heteroatoms. The number of nitrogens with one attached hydrogen (secondary N) is 1. The molecule has 152 valence electrons. The summed E-state index contributed by atoms with van der Waals surface area (Å²) in [6, 6.07) is 23.1. The summed E-state index contributed by atoms with van der Waals surface area (Å²) in [5, 5.41) is 7.45. The van der Waals surface area contributed by atoms with Crippen LogP contribution in [0.5, 0.6) is 0 Å². The average Bonchev–Trinajstić information content (AvgIpc) is 3.21. The van der Waals surface area contributed by atoms with Crippen molar-refractivity contribution in [1.82, 2.24) is 5.32 Å². The van der Waals surface area contributed by atoms with Crippen molar-refractivity contribution in [1.29, 1.82) is 0 Å². The Morgan fingerprint density at radius 1 is 0.759 bits per heavy atom. The van der Waals surface area contributed by atoms with Crippen LogP contribution in [0.2, 0.25) is 5.04 Å². The molecule has 0 spiro atoms. The minimum atomic E-state index is -1.48. The van der Waals surface area contributed by atoms with E-state index in [1.54, 1.807) is 10.4 Å². The van der Waals surface area contributed by atoms with E-state index in [2.05, 4.69) is 118 Å². The molecule has 2 aliphatic rings. The van der Waals surface area contributed by atoms with Crippen LogP contribution in [-0.2, 0) is 0 Å². The molecule has 2 unspecified atom stereocenters. The van der Waals surface area contributed by atoms with Crippen molar-refractivity contribution in [2.24, 2.45) is 5.41 Å². The van der Waals surface area contributed by atoms with Crippen molar-refractivity contribution in [2.45, 2.75) is 63.6 Å². The second-order valence-corrected chi connectivity index (χ2v) is 13.4. The minimum Gasteiger partial charge on any atom is -0.301 e. The van der Waals surface area contributed by atoms with Crippen molar-refractivity contribution < 1.29 is 0 Å². The van der Waals surface area contributed by atoms with E-state index in [4.69, 9.17) is 0 Å². The first-order valence-corrected chi connectivity index (χ1v) is 12.8. The van der Waals surface area contributed by atoms with Crippen LogP contribution in [-0.4, -0.2) is 20.4 Å². The lowest BCUT2D eigenvalue weighted by atomic mass is 9.58. The smallest absolute Gasteiger partial charge is 0.109 e. The third-order valence-corrected chi connectivity index (χ3v) is 12.7. The second-order valence-electron chi connectivity index (χ2n) is 9.92. The summed E-state index contributed by atoms with van der Waals surface area (Å²) in [6.07, 6.45) is 12.7. The Morgan fingerprint density at radius 3 is 1.79 bits per heavy atom. The molecule has 0 bridgehead atoms. The van der Waals surface area contributed by atoms with Gasteiger partial charge < -0.3 is 5.32 Å². The van der Waals surface area contributed by atoms with Gasteiger partial charge in [-0.2, -0.15) is 0 Å². The Kier molecular flexibility index (Phi) is 5.43. The van der Waals surface area contributed by atoms with E-state index in [1.807, 2.05) is 0 Å². The standard InChI is InChI=1S/C27H35NSi/c1-25(2)26(3,28-22-14-11-12-15-22)20-13-21-27(25,4)29(23-16-7-5-8-17-23)24-18-9-6-10-19-24/h5-12,14-19,22,28-29H,13,20-21H2,1-4H3. The van der Waals surface area contributed by atoms with Crippen molar-refractivity contribution in [3.63, 3.8) is 0 Å². The Balaban J connectivity index is 1.80. The number of hydrogen-bond donors (Lipinski definition) is 1. The highest BCUT2D eigenvalue weighted by Gasteiger charge is 2.59. The molecule has 0 aliphatic heterocycles. The summed E-state index contributed by atoms with van der Waals surface area (Å²) in [6.45, 7) is 10.1. The maximum Gasteiger partial charge on any atom is 0.109 e. The molecule has 1 nitrogen and oxygen atoms in total. The number of benzene rings is 2. The van der Waals surface area contributed by atoms with Gasteiger partial charge in [0.1, 0.15) is 8.80 Å².